The molecule has 3 unspecified atom stereocenters. The summed E-state index contributed by atoms with van der Waals surface area (Å²) >= 11 is 0. The molecule has 0 heterocycles. The Balaban J connectivity index is 5.38. The zero-order valence-electron chi connectivity index (χ0n) is 9.13. The largest absolute Gasteiger partial charge is 0.387 e. The Morgan fingerprint density at radius 1 is 1.00 bits per heavy atom. The van der Waals surface area contributed by atoms with E-state index in [2.05, 4.69) is 26.3 Å². The Hall–Kier alpha value is -1.20. The number of rotatable bonds is 7. The molecule has 0 aromatic rings. The average molecular weight is 224 g/mol. The molecule has 0 aliphatic heterocycles. The molecule has 0 spiro atoms. The van der Waals surface area contributed by atoms with Gasteiger partial charge in [-0.3, -0.25) is 0 Å². The summed E-state index contributed by atoms with van der Waals surface area (Å²) in [7, 11) is 0. The van der Waals surface area contributed by atoms with Crippen molar-refractivity contribution in [1.29, 1.82) is 0 Å². The third kappa shape index (κ3) is 2.48. The van der Waals surface area contributed by atoms with Gasteiger partial charge in [0.2, 0.25) is 0 Å². The van der Waals surface area contributed by atoms with E-state index in [0.29, 0.717) is 0 Å². The highest BCUT2D eigenvalue weighted by Gasteiger charge is 2.43. The molecule has 4 N–H and O–H groups in total. The molecule has 0 rings (SSSR count). The van der Waals surface area contributed by atoms with Crippen LogP contribution in [0.5, 0.6) is 0 Å². The molecule has 0 saturated heterocycles. The molecule has 89 valence electrons. The highest BCUT2D eigenvalue weighted by atomic mass is 16.3. The standard InChI is InChI=1S/C12H18NO3/c1-5-9(14)8(4)12(13,10(15)6-2)11(16)7-3/h5-7,9-11,13-16H,1-4H2. The summed E-state index contributed by atoms with van der Waals surface area (Å²) in [5.74, 6) is 0. The first-order valence-corrected chi connectivity index (χ1v) is 4.72. The van der Waals surface area contributed by atoms with Gasteiger partial charge < -0.3 is 15.3 Å². The first-order chi connectivity index (χ1) is 7.35. The number of hydrogen-bond acceptors (Lipinski definition) is 3. The Kier molecular flexibility index (Phi) is 5.33. The molecule has 0 saturated carbocycles. The van der Waals surface area contributed by atoms with E-state index in [-0.39, 0.29) is 5.57 Å². The lowest BCUT2D eigenvalue weighted by Gasteiger charge is -2.37. The van der Waals surface area contributed by atoms with Gasteiger partial charge in [0.05, 0.1) is 18.3 Å². The average Bonchev–Trinajstić information content (AvgIpc) is 2.33. The van der Waals surface area contributed by atoms with Gasteiger partial charge in [-0.15, -0.1) is 19.7 Å². The van der Waals surface area contributed by atoms with E-state index in [4.69, 9.17) is 5.73 Å². The first kappa shape index (κ1) is 14.8. The molecule has 3 atom stereocenters. The topological polar surface area (TPSA) is 84.5 Å². The molecular formula is C12H18NO3. The predicted octanol–water partition coefficient (Wildman–Crippen LogP) is 0.205. The number of aliphatic hydroxyl groups excluding tert-OH is 3. The van der Waals surface area contributed by atoms with Crippen LogP contribution in [0.4, 0.5) is 0 Å². The van der Waals surface area contributed by atoms with Gasteiger partial charge in [0.15, 0.2) is 0 Å². The quantitative estimate of drug-likeness (QED) is 0.540. The Bertz CT molecular complexity index is 285. The summed E-state index contributed by atoms with van der Waals surface area (Å²) in [6, 6.07) is 0. The maximum Gasteiger partial charge on any atom is 0.115 e. The van der Waals surface area contributed by atoms with Gasteiger partial charge >= 0.3 is 0 Å². The van der Waals surface area contributed by atoms with Crippen LogP contribution in [0.25, 0.3) is 0 Å². The van der Waals surface area contributed by atoms with Crippen LogP contribution in [0.2, 0.25) is 0 Å². The minimum absolute atomic E-state index is 0.0673. The number of hydrogen-bond donors (Lipinski definition) is 3. The van der Waals surface area contributed by atoms with E-state index in [0.717, 1.165) is 18.2 Å². The number of aliphatic hydroxyl groups is 3. The van der Waals surface area contributed by atoms with Crippen LogP contribution in [0.3, 0.4) is 0 Å². The summed E-state index contributed by atoms with van der Waals surface area (Å²) in [4.78, 5) is 0. The second-order valence-corrected chi connectivity index (χ2v) is 3.44. The van der Waals surface area contributed by atoms with Gasteiger partial charge in [0.25, 0.3) is 0 Å². The first-order valence-electron chi connectivity index (χ1n) is 4.72. The molecule has 0 aliphatic rings. The predicted molar refractivity (Wildman–Crippen MR) is 63.6 cm³/mol. The zero-order valence-corrected chi connectivity index (χ0v) is 9.13. The molecule has 16 heavy (non-hydrogen) atoms. The van der Waals surface area contributed by atoms with Gasteiger partial charge in [0.1, 0.15) is 5.54 Å². The van der Waals surface area contributed by atoms with Crippen molar-refractivity contribution in [3.05, 3.63) is 50.1 Å². The van der Waals surface area contributed by atoms with Gasteiger partial charge in [-0.2, -0.15) is 0 Å². The second kappa shape index (κ2) is 5.77. The minimum atomic E-state index is -1.89. The lowest BCUT2D eigenvalue weighted by atomic mass is 9.78. The van der Waals surface area contributed by atoms with Gasteiger partial charge in [0, 0.05) is 0 Å². The van der Waals surface area contributed by atoms with E-state index in [9.17, 15) is 15.3 Å². The third-order valence-corrected chi connectivity index (χ3v) is 2.49. The van der Waals surface area contributed by atoms with Crippen molar-refractivity contribution >= 4 is 0 Å². The van der Waals surface area contributed by atoms with E-state index in [1.807, 2.05) is 0 Å². The molecular weight excluding hydrogens is 206 g/mol. The second-order valence-electron chi connectivity index (χ2n) is 3.44. The van der Waals surface area contributed by atoms with Crippen LogP contribution in [0, 0.1) is 0 Å². The fourth-order valence-corrected chi connectivity index (χ4v) is 1.31. The summed E-state index contributed by atoms with van der Waals surface area (Å²) < 4.78 is 0. The zero-order chi connectivity index (χ0) is 12.9. The molecule has 0 aromatic heterocycles. The van der Waals surface area contributed by atoms with Crippen molar-refractivity contribution in [2.75, 3.05) is 0 Å². The van der Waals surface area contributed by atoms with Crippen LogP contribution in [-0.2, 0) is 0 Å². The van der Waals surface area contributed by atoms with Gasteiger partial charge in [-0.25, -0.2) is 5.73 Å². The summed E-state index contributed by atoms with van der Waals surface area (Å²) in [6.07, 6.45) is -0.578. The fraction of sp³-hybridized carbons (Fsp3) is 0.333. The lowest BCUT2D eigenvalue weighted by Crippen LogP contribution is -2.55. The normalized spacial score (nSPS) is 20.0. The van der Waals surface area contributed by atoms with Crippen molar-refractivity contribution in [3.63, 3.8) is 0 Å². The Morgan fingerprint density at radius 2 is 1.38 bits per heavy atom. The molecule has 0 amide bonds. The van der Waals surface area contributed by atoms with Crippen molar-refractivity contribution in [2.24, 2.45) is 0 Å². The monoisotopic (exact) mass is 224 g/mol. The minimum Gasteiger partial charge on any atom is -0.387 e. The molecule has 0 fully saturated rings. The van der Waals surface area contributed by atoms with Crippen LogP contribution in [-0.4, -0.2) is 39.2 Å². The molecule has 0 bridgehead atoms. The van der Waals surface area contributed by atoms with Gasteiger partial charge in [-0.05, 0) is 5.57 Å². The van der Waals surface area contributed by atoms with Crippen molar-refractivity contribution in [2.45, 2.75) is 23.9 Å². The smallest absolute Gasteiger partial charge is 0.115 e. The van der Waals surface area contributed by atoms with Crippen LogP contribution in [0.1, 0.15) is 0 Å². The molecule has 4 nitrogen and oxygen atoms in total. The van der Waals surface area contributed by atoms with E-state index >= 15 is 0 Å². The summed E-state index contributed by atoms with van der Waals surface area (Å²) in [5, 5.41) is 28.9. The molecule has 0 aliphatic carbocycles. The maximum absolute atomic E-state index is 9.67. The van der Waals surface area contributed by atoms with Crippen molar-refractivity contribution in [1.82, 2.24) is 5.73 Å². The lowest BCUT2D eigenvalue weighted by molar-refractivity contribution is 0.0423. The molecule has 4 heteroatoms. The van der Waals surface area contributed by atoms with Crippen molar-refractivity contribution in [3.8, 4) is 0 Å². The third-order valence-electron chi connectivity index (χ3n) is 2.49. The van der Waals surface area contributed by atoms with Crippen LogP contribution in [0.15, 0.2) is 50.1 Å². The molecule has 0 aromatic carbocycles. The maximum atomic E-state index is 9.67. The van der Waals surface area contributed by atoms with E-state index in [1.54, 1.807) is 0 Å². The summed E-state index contributed by atoms with van der Waals surface area (Å²) in [5.41, 5.74) is 6.06. The van der Waals surface area contributed by atoms with Crippen LogP contribution < -0.4 is 5.73 Å². The van der Waals surface area contributed by atoms with Gasteiger partial charge in [-0.1, -0.05) is 24.8 Å². The Labute approximate surface area is 95.7 Å². The summed E-state index contributed by atoms with van der Waals surface area (Å²) in [6.45, 7) is 13.6. The number of nitrogens with one attached hydrogen (secondary N) is 1. The highest BCUT2D eigenvalue weighted by Crippen LogP contribution is 2.27. The van der Waals surface area contributed by atoms with E-state index in [1.165, 1.54) is 0 Å². The molecule has 1 radical (unpaired) electrons. The fourth-order valence-electron chi connectivity index (χ4n) is 1.31. The Morgan fingerprint density at radius 3 is 1.62 bits per heavy atom. The van der Waals surface area contributed by atoms with E-state index < -0.39 is 23.9 Å². The van der Waals surface area contributed by atoms with Crippen LogP contribution >= 0.6 is 0 Å². The SMILES string of the molecule is C=CC(O)C(=C)C([NH])(C(O)C=C)C(O)C=C. The van der Waals surface area contributed by atoms with Crippen molar-refractivity contribution < 1.29 is 15.3 Å². The highest BCUT2D eigenvalue weighted by molar-refractivity contribution is 5.32.